The van der Waals surface area contributed by atoms with Gasteiger partial charge in [0.1, 0.15) is 0 Å². The molecule has 0 spiro atoms. The van der Waals surface area contributed by atoms with E-state index in [1.807, 2.05) is 78.6 Å². The fraction of sp³-hybridized carbons (Fsp3) is 0.235. The number of benzene rings is 4. The Morgan fingerprint density at radius 1 is 0.825 bits per heavy atom. The van der Waals surface area contributed by atoms with Crippen molar-refractivity contribution in [2.45, 2.75) is 32.4 Å². The molecule has 2 N–H and O–H groups in total. The number of hydrogen-bond acceptors (Lipinski definition) is 4. The lowest BCUT2D eigenvalue weighted by molar-refractivity contribution is 0.0983. The summed E-state index contributed by atoms with van der Waals surface area (Å²) >= 11 is 0. The second kappa shape index (κ2) is 11.0. The summed E-state index contributed by atoms with van der Waals surface area (Å²) in [6.07, 6.45) is 1.01. The van der Waals surface area contributed by atoms with Gasteiger partial charge in [0.05, 0.1) is 11.4 Å². The van der Waals surface area contributed by atoms with E-state index >= 15 is 0 Å². The molecule has 1 fully saturated rings. The first kappa shape index (κ1) is 25.8. The molecule has 6 nitrogen and oxygen atoms in total. The molecule has 2 atom stereocenters. The van der Waals surface area contributed by atoms with E-state index < -0.39 is 0 Å². The number of anilines is 3. The zero-order valence-corrected chi connectivity index (χ0v) is 22.9. The van der Waals surface area contributed by atoms with Gasteiger partial charge in [0.2, 0.25) is 0 Å². The van der Waals surface area contributed by atoms with Crippen LogP contribution in [0.25, 0.3) is 11.1 Å². The molecule has 2 amide bonds. The highest BCUT2D eigenvalue weighted by atomic mass is 16.2. The van der Waals surface area contributed by atoms with Crippen molar-refractivity contribution in [3.05, 3.63) is 114 Å². The van der Waals surface area contributed by atoms with Crippen LogP contribution in [0.2, 0.25) is 0 Å². The molecule has 0 radical (unpaired) electrons. The maximum Gasteiger partial charge on any atom is 0.258 e. The predicted octanol–water partition coefficient (Wildman–Crippen LogP) is 6.13. The second-order valence-electron chi connectivity index (χ2n) is 10.6. The Morgan fingerprint density at radius 3 is 2.27 bits per heavy atom. The monoisotopic (exact) mass is 530 g/mol. The zero-order chi connectivity index (χ0) is 27.6. The van der Waals surface area contributed by atoms with E-state index in [1.54, 1.807) is 24.3 Å². The Bertz CT molecular complexity index is 1530. The number of para-hydroxylation sites is 2. The van der Waals surface area contributed by atoms with Gasteiger partial charge in [-0.05, 0) is 73.5 Å². The number of nitrogens with zero attached hydrogens (tertiary/aromatic N) is 2. The minimum absolute atomic E-state index is 0.0263. The summed E-state index contributed by atoms with van der Waals surface area (Å²) in [6.45, 7) is 6.74. The van der Waals surface area contributed by atoms with Gasteiger partial charge in [0.15, 0.2) is 0 Å². The molecule has 1 unspecified atom stereocenters. The lowest BCUT2D eigenvalue weighted by Crippen LogP contribution is -2.48. The average Bonchev–Trinajstić information content (AvgIpc) is 3.40. The molecule has 0 aromatic heterocycles. The molecule has 2 aliphatic rings. The minimum atomic E-state index is -0.184. The largest absolute Gasteiger partial charge is 0.363 e. The van der Waals surface area contributed by atoms with Crippen molar-refractivity contribution in [3.8, 4) is 11.1 Å². The molecule has 1 saturated heterocycles. The molecule has 0 saturated carbocycles. The van der Waals surface area contributed by atoms with Crippen molar-refractivity contribution >= 4 is 28.9 Å². The lowest BCUT2D eigenvalue weighted by Gasteiger charge is -2.40. The quantitative estimate of drug-likeness (QED) is 0.315. The van der Waals surface area contributed by atoms with E-state index in [2.05, 4.69) is 28.5 Å². The molecule has 6 rings (SSSR count). The smallest absolute Gasteiger partial charge is 0.258 e. The predicted molar refractivity (Wildman–Crippen MR) is 162 cm³/mol. The van der Waals surface area contributed by atoms with E-state index in [4.69, 9.17) is 0 Å². The third kappa shape index (κ3) is 4.98. The molecule has 0 bridgehead atoms. The summed E-state index contributed by atoms with van der Waals surface area (Å²) in [5.41, 5.74) is 6.97. The molecule has 202 valence electrons. The van der Waals surface area contributed by atoms with Gasteiger partial charge in [0, 0.05) is 42.0 Å². The number of likely N-dealkylation sites (N-methyl/N-ethyl adjacent to an activating group) is 1. The highest BCUT2D eigenvalue weighted by molar-refractivity contribution is 6.10. The van der Waals surface area contributed by atoms with E-state index in [0.717, 1.165) is 42.0 Å². The Kier molecular flexibility index (Phi) is 7.10. The summed E-state index contributed by atoms with van der Waals surface area (Å²) < 4.78 is 0. The highest BCUT2D eigenvalue weighted by Crippen LogP contribution is 2.40. The van der Waals surface area contributed by atoms with Crippen LogP contribution in [0.5, 0.6) is 0 Å². The van der Waals surface area contributed by atoms with Crippen molar-refractivity contribution in [2.24, 2.45) is 0 Å². The maximum atomic E-state index is 13.7. The number of hydrogen-bond donors (Lipinski definition) is 2. The summed E-state index contributed by atoms with van der Waals surface area (Å²) in [5, 5.41) is 6.59. The first-order chi connectivity index (χ1) is 19.5. The van der Waals surface area contributed by atoms with Crippen molar-refractivity contribution in [1.29, 1.82) is 0 Å². The molecule has 2 aliphatic heterocycles. The molecule has 6 heteroatoms. The van der Waals surface area contributed by atoms with Gasteiger partial charge in [-0.2, -0.15) is 0 Å². The number of rotatable bonds is 6. The third-order valence-electron chi connectivity index (χ3n) is 7.95. The fourth-order valence-corrected chi connectivity index (χ4v) is 5.97. The molecular weight excluding hydrogens is 496 g/mol. The number of nitrogens with one attached hydrogen (secondary N) is 2. The molecule has 4 aromatic carbocycles. The fourth-order valence-electron chi connectivity index (χ4n) is 5.97. The lowest BCUT2D eigenvalue weighted by atomic mass is 9.98. The summed E-state index contributed by atoms with van der Waals surface area (Å²) in [4.78, 5) is 31.4. The van der Waals surface area contributed by atoms with Crippen molar-refractivity contribution in [2.75, 3.05) is 34.8 Å². The number of carbonyl (C=O) groups excluding carboxylic acids is 2. The van der Waals surface area contributed by atoms with Gasteiger partial charge in [-0.15, -0.1) is 0 Å². The van der Waals surface area contributed by atoms with Crippen LogP contribution >= 0.6 is 0 Å². The van der Waals surface area contributed by atoms with Gasteiger partial charge in [-0.1, -0.05) is 67.1 Å². The van der Waals surface area contributed by atoms with Gasteiger partial charge in [-0.25, -0.2) is 0 Å². The van der Waals surface area contributed by atoms with Crippen LogP contribution in [-0.2, 0) is 0 Å². The van der Waals surface area contributed by atoms with Crippen LogP contribution < -0.4 is 20.4 Å². The summed E-state index contributed by atoms with van der Waals surface area (Å²) in [6, 6.07) is 31.9. The molecule has 0 aliphatic carbocycles. The number of amides is 2. The molecular formula is C34H34N4O2. The van der Waals surface area contributed by atoms with Crippen LogP contribution in [0.15, 0.2) is 97.1 Å². The summed E-state index contributed by atoms with van der Waals surface area (Å²) in [5.74, 6) is -0.210. The van der Waals surface area contributed by atoms with Crippen LogP contribution in [-0.4, -0.2) is 43.5 Å². The first-order valence-electron chi connectivity index (χ1n) is 14.0. The minimum Gasteiger partial charge on any atom is -0.363 e. The Balaban J connectivity index is 1.19. The highest BCUT2D eigenvalue weighted by Gasteiger charge is 2.40. The second-order valence-corrected chi connectivity index (χ2v) is 10.6. The Morgan fingerprint density at radius 2 is 1.52 bits per heavy atom. The average molecular weight is 531 g/mol. The van der Waals surface area contributed by atoms with Crippen LogP contribution in [0.3, 0.4) is 0 Å². The first-order valence-corrected chi connectivity index (χ1v) is 14.0. The standard InChI is InChI=1S/C34H34N4O2/c1-3-35-27-20-28-22-38(32-11-7-6-10-31(32)37(28)21-27)34(40)25-16-18-26(19-17-25)36-33(39)30-9-5-4-8-29(30)24-14-12-23(2)13-15-24/h4-19,27-28,35H,3,20-22H2,1-2H3,(H,36,39)/t27?,28-/m1/s1. The third-order valence-corrected chi connectivity index (χ3v) is 7.95. The van der Waals surface area contributed by atoms with E-state index in [9.17, 15) is 9.59 Å². The van der Waals surface area contributed by atoms with Gasteiger partial charge >= 0.3 is 0 Å². The molecule has 40 heavy (non-hydrogen) atoms. The van der Waals surface area contributed by atoms with Crippen LogP contribution in [0.4, 0.5) is 17.1 Å². The number of aryl methyl sites for hydroxylation is 1. The zero-order valence-electron chi connectivity index (χ0n) is 22.9. The Labute approximate surface area is 235 Å². The van der Waals surface area contributed by atoms with Crippen molar-refractivity contribution < 1.29 is 9.59 Å². The Hall–Kier alpha value is -4.42. The van der Waals surface area contributed by atoms with E-state index in [1.165, 1.54) is 5.56 Å². The van der Waals surface area contributed by atoms with Gasteiger partial charge in [-0.3, -0.25) is 9.59 Å². The SMILES string of the molecule is CCNC1C[C@@H]2CN(C(=O)c3ccc(NC(=O)c4ccccc4-c4ccc(C)cc4)cc3)c3ccccc3N2C1. The summed E-state index contributed by atoms with van der Waals surface area (Å²) in [7, 11) is 0. The normalized spacial score (nSPS) is 17.8. The van der Waals surface area contributed by atoms with E-state index in [0.29, 0.717) is 29.4 Å². The van der Waals surface area contributed by atoms with Crippen LogP contribution in [0.1, 0.15) is 39.6 Å². The topological polar surface area (TPSA) is 64.7 Å². The van der Waals surface area contributed by atoms with Gasteiger partial charge in [0.25, 0.3) is 11.8 Å². The van der Waals surface area contributed by atoms with Crippen LogP contribution in [0, 0.1) is 6.92 Å². The number of carbonyl (C=O) groups is 2. The number of fused-ring (bicyclic) bond motifs is 3. The van der Waals surface area contributed by atoms with Crippen molar-refractivity contribution in [1.82, 2.24) is 5.32 Å². The van der Waals surface area contributed by atoms with E-state index in [-0.39, 0.29) is 17.9 Å². The van der Waals surface area contributed by atoms with Gasteiger partial charge < -0.3 is 20.4 Å². The molecule has 4 aromatic rings. The molecule has 2 heterocycles. The maximum absolute atomic E-state index is 13.7. The van der Waals surface area contributed by atoms with Crippen molar-refractivity contribution in [3.63, 3.8) is 0 Å².